The Morgan fingerprint density at radius 2 is 2.12 bits per heavy atom. The molecule has 0 aliphatic carbocycles. The summed E-state index contributed by atoms with van der Waals surface area (Å²) in [7, 11) is 1.44. The van der Waals surface area contributed by atoms with Gasteiger partial charge in [-0.05, 0) is 18.1 Å². The first-order chi connectivity index (χ1) is 8.02. The molecule has 17 heavy (non-hydrogen) atoms. The molecule has 0 radical (unpaired) electrons. The van der Waals surface area contributed by atoms with Crippen molar-refractivity contribution in [3.63, 3.8) is 0 Å². The third-order valence-corrected chi connectivity index (χ3v) is 1.89. The Morgan fingerprint density at radius 3 is 2.65 bits per heavy atom. The molecule has 0 heterocycles. The summed E-state index contributed by atoms with van der Waals surface area (Å²) in [6, 6.07) is 4.30. The monoisotopic (exact) mass is 240 g/mol. The lowest BCUT2D eigenvalue weighted by atomic mass is 10.2. The number of phenols is 1. The lowest BCUT2D eigenvalue weighted by Crippen LogP contribution is -2.14. The summed E-state index contributed by atoms with van der Waals surface area (Å²) < 4.78 is 14.6. The van der Waals surface area contributed by atoms with E-state index in [1.165, 1.54) is 25.3 Å². The highest BCUT2D eigenvalue weighted by Crippen LogP contribution is 2.29. The second-order valence-corrected chi connectivity index (χ2v) is 3.89. The minimum atomic E-state index is -0.789. The molecular formula is C12H16O5. The molecule has 0 amide bonds. The van der Waals surface area contributed by atoms with Crippen LogP contribution in [0.3, 0.4) is 0 Å². The quantitative estimate of drug-likeness (QED) is 0.647. The van der Waals surface area contributed by atoms with Crippen molar-refractivity contribution >= 4 is 6.16 Å². The van der Waals surface area contributed by atoms with Crippen molar-refractivity contribution in [1.29, 1.82) is 0 Å². The number of methoxy groups -OCH3 is 1. The highest BCUT2D eigenvalue weighted by atomic mass is 16.7. The van der Waals surface area contributed by atoms with Crippen molar-refractivity contribution in [2.24, 2.45) is 5.92 Å². The molecule has 0 saturated carbocycles. The largest absolute Gasteiger partial charge is 0.513 e. The third-order valence-electron chi connectivity index (χ3n) is 1.89. The molecule has 5 heteroatoms. The molecule has 0 bridgehead atoms. The second kappa shape index (κ2) is 5.98. The lowest BCUT2D eigenvalue weighted by molar-refractivity contribution is 0.0885. The number of hydrogen-bond acceptors (Lipinski definition) is 5. The van der Waals surface area contributed by atoms with Gasteiger partial charge in [-0.1, -0.05) is 13.8 Å². The van der Waals surface area contributed by atoms with Crippen LogP contribution in [0.25, 0.3) is 0 Å². The van der Waals surface area contributed by atoms with Gasteiger partial charge in [0, 0.05) is 6.07 Å². The molecule has 0 aliphatic rings. The normalized spacial score (nSPS) is 10.1. The van der Waals surface area contributed by atoms with Crippen LogP contribution in [0, 0.1) is 5.92 Å². The molecule has 1 aromatic rings. The van der Waals surface area contributed by atoms with Gasteiger partial charge in [-0.3, -0.25) is 0 Å². The fraction of sp³-hybridized carbons (Fsp3) is 0.417. The zero-order valence-corrected chi connectivity index (χ0v) is 10.1. The molecule has 0 unspecified atom stereocenters. The van der Waals surface area contributed by atoms with Gasteiger partial charge in [0.05, 0.1) is 13.7 Å². The summed E-state index contributed by atoms with van der Waals surface area (Å²) in [6.45, 7) is 4.14. The van der Waals surface area contributed by atoms with Gasteiger partial charge in [0.1, 0.15) is 5.75 Å². The van der Waals surface area contributed by atoms with Crippen molar-refractivity contribution in [3.8, 4) is 17.2 Å². The average Bonchev–Trinajstić information content (AvgIpc) is 2.26. The molecule has 94 valence electrons. The fourth-order valence-corrected chi connectivity index (χ4v) is 1.09. The van der Waals surface area contributed by atoms with Crippen LogP contribution in [0.2, 0.25) is 0 Å². The van der Waals surface area contributed by atoms with E-state index in [0.717, 1.165) is 0 Å². The molecule has 1 N–H and O–H groups in total. The van der Waals surface area contributed by atoms with E-state index in [1.54, 1.807) is 0 Å². The van der Waals surface area contributed by atoms with Crippen molar-refractivity contribution in [3.05, 3.63) is 18.2 Å². The van der Waals surface area contributed by atoms with E-state index in [-0.39, 0.29) is 17.4 Å². The summed E-state index contributed by atoms with van der Waals surface area (Å²) in [6.07, 6.45) is -0.789. The molecule has 0 spiro atoms. The molecule has 0 aromatic heterocycles. The van der Waals surface area contributed by atoms with Gasteiger partial charge in [0.2, 0.25) is 0 Å². The Hall–Kier alpha value is -1.91. The number of phenolic OH excluding ortho intramolecular Hbond substituents is 1. The van der Waals surface area contributed by atoms with Crippen LogP contribution in [-0.4, -0.2) is 25.0 Å². The van der Waals surface area contributed by atoms with E-state index in [1.807, 2.05) is 13.8 Å². The van der Waals surface area contributed by atoms with E-state index >= 15 is 0 Å². The molecule has 0 fully saturated rings. The Bertz CT molecular complexity index is 386. The van der Waals surface area contributed by atoms with Gasteiger partial charge < -0.3 is 19.3 Å². The Labute approximate surface area is 99.9 Å². The van der Waals surface area contributed by atoms with Crippen LogP contribution in [-0.2, 0) is 4.74 Å². The standard InChI is InChI=1S/C12H16O5/c1-8(2)7-16-12(14)17-9-4-5-11(15-3)10(13)6-9/h4-6,8,13H,7H2,1-3H3. The summed E-state index contributed by atoms with van der Waals surface area (Å²) in [5.74, 6) is 0.665. The van der Waals surface area contributed by atoms with Crippen LogP contribution in [0.4, 0.5) is 4.79 Å². The zero-order valence-electron chi connectivity index (χ0n) is 10.1. The van der Waals surface area contributed by atoms with Crippen LogP contribution in [0.15, 0.2) is 18.2 Å². The SMILES string of the molecule is COc1ccc(OC(=O)OCC(C)C)cc1O. The van der Waals surface area contributed by atoms with Crippen molar-refractivity contribution in [2.75, 3.05) is 13.7 Å². The van der Waals surface area contributed by atoms with Crippen molar-refractivity contribution in [2.45, 2.75) is 13.8 Å². The summed E-state index contributed by atoms with van der Waals surface area (Å²) in [4.78, 5) is 11.2. The van der Waals surface area contributed by atoms with Gasteiger partial charge in [-0.2, -0.15) is 0 Å². The van der Waals surface area contributed by atoms with E-state index in [9.17, 15) is 9.90 Å². The van der Waals surface area contributed by atoms with Gasteiger partial charge in [0.15, 0.2) is 11.5 Å². The molecule has 1 rings (SSSR count). The number of carbonyl (C=O) groups is 1. The molecule has 0 saturated heterocycles. The van der Waals surface area contributed by atoms with Crippen LogP contribution < -0.4 is 9.47 Å². The maximum Gasteiger partial charge on any atom is 0.513 e. The topological polar surface area (TPSA) is 65.0 Å². The predicted molar refractivity (Wildman–Crippen MR) is 61.5 cm³/mol. The van der Waals surface area contributed by atoms with Crippen LogP contribution >= 0.6 is 0 Å². The first-order valence-electron chi connectivity index (χ1n) is 5.24. The highest BCUT2D eigenvalue weighted by Gasteiger charge is 2.09. The zero-order chi connectivity index (χ0) is 12.8. The molecule has 5 nitrogen and oxygen atoms in total. The number of hydrogen-bond donors (Lipinski definition) is 1. The third kappa shape index (κ3) is 4.22. The van der Waals surface area contributed by atoms with Crippen LogP contribution in [0.5, 0.6) is 17.2 Å². The highest BCUT2D eigenvalue weighted by molar-refractivity contribution is 5.64. The Kier molecular flexibility index (Phi) is 4.63. The number of carbonyl (C=O) groups excluding carboxylic acids is 1. The van der Waals surface area contributed by atoms with Gasteiger partial charge >= 0.3 is 6.16 Å². The maximum atomic E-state index is 11.2. The minimum absolute atomic E-state index is 0.0957. The first-order valence-corrected chi connectivity index (χ1v) is 5.24. The summed E-state index contributed by atoms with van der Waals surface area (Å²) >= 11 is 0. The van der Waals surface area contributed by atoms with Crippen molar-refractivity contribution in [1.82, 2.24) is 0 Å². The average molecular weight is 240 g/mol. The van der Waals surface area contributed by atoms with Gasteiger partial charge in [0.25, 0.3) is 0 Å². The number of benzene rings is 1. The smallest absolute Gasteiger partial charge is 0.504 e. The maximum absolute atomic E-state index is 11.2. The number of aromatic hydroxyl groups is 1. The molecule has 0 atom stereocenters. The van der Waals surface area contributed by atoms with Gasteiger partial charge in [-0.15, -0.1) is 0 Å². The van der Waals surface area contributed by atoms with Gasteiger partial charge in [-0.25, -0.2) is 4.79 Å². The van der Waals surface area contributed by atoms with E-state index < -0.39 is 6.16 Å². The molecule has 1 aromatic carbocycles. The predicted octanol–water partition coefficient (Wildman–Crippen LogP) is 2.57. The first kappa shape index (κ1) is 13.2. The minimum Gasteiger partial charge on any atom is -0.504 e. The number of rotatable bonds is 4. The second-order valence-electron chi connectivity index (χ2n) is 3.89. The van der Waals surface area contributed by atoms with Crippen LogP contribution in [0.1, 0.15) is 13.8 Å². The summed E-state index contributed by atoms with van der Waals surface area (Å²) in [5.41, 5.74) is 0. The van der Waals surface area contributed by atoms with E-state index in [2.05, 4.69) is 0 Å². The van der Waals surface area contributed by atoms with Crippen molar-refractivity contribution < 1.29 is 24.1 Å². The number of ether oxygens (including phenoxy) is 3. The van der Waals surface area contributed by atoms with E-state index in [0.29, 0.717) is 12.4 Å². The van der Waals surface area contributed by atoms with E-state index in [4.69, 9.17) is 14.2 Å². The molecular weight excluding hydrogens is 224 g/mol. The summed E-state index contributed by atoms with van der Waals surface area (Å²) in [5, 5.41) is 9.47. The lowest BCUT2D eigenvalue weighted by Gasteiger charge is -2.09. The Balaban J connectivity index is 2.57. The molecule has 0 aliphatic heterocycles. The Morgan fingerprint density at radius 1 is 1.41 bits per heavy atom. The fourth-order valence-electron chi connectivity index (χ4n) is 1.09.